The summed E-state index contributed by atoms with van der Waals surface area (Å²) in [4.78, 5) is 28.5. The number of piperidine rings is 1. The van der Waals surface area contributed by atoms with E-state index in [0.29, 0.717) is 36.7 Å². The summed E-state index contributed by atoms with van der Waals surface area (Å²) in [7, 11) is 1.80. The van der Waals surface area contributed by atoms with Crippen LogP contribution in [0.15, 0.2) is 54.6 Å². The number of hydrogen-bond acceptors (Lipinski definition) is 3. The molecule has 0 N–H and O–H groups in total. The fraction of sp³-hybridized carbons (Fsp3) is 0.333. The van der Waals surface area contributed by atoms with E-state index in [4.69, 9.17) is 16.3 Å². The van der Waals surface area contributed by atoms with Gasteiger partial charge in [0.2, 0.25) is 5.91 Å². The van der Waals surface area contributed by atoms with Crippen molar-refractivity contribution in [3.05, 3.63) is 59.6 Å². The Bertz CT molecular complexity index is 772. The predicted octanol–water partition coefficient (Wildman–Crippen LogP) is 3.62. The van der Waals surface area contributed by atoms with Gasteiger partial charge in [-0.3, -0.25) is 9.59 Å². The van der Waals surface area contributed by atoms with Crippen molar-refractivity contribution in [1.82, 2.24) is 4.90 Å². The molecule has 3 rings (SSSR count). The van der Waals surface area contributed by atoms with Crippen LogP contribution in [0.4, 0.5) is 5.69 Å². The lowest BCUT2D eigenvalue weighted by molar-refractivity contribution is -0.136. The van der Waals surface area contributed by atoms with Crippen LogP contribution in [-0.2, 0) is 9.59 Å². The Hall–Kier alpha value is -2.53. The second-order valence-corrected chi connectivity index (χ2v) is 7.07. The van der Waals surface area contributed by atoms with Crippen LogP contribution in [0.1, 0.15) is 12.8 Å². The quantitative estimate of drug-likeness (QED) is 0.788. The van der Waals surface area contributed by atoms with Gasteiger partial charge in [-0.25, -0.2) is 0 Å². The van der Waals surface area contributed by atoms with Crippen LogP contribution in [0, 0.1) is 5.92 Å². The van der Waals surface area contributed by atoms with Crippen LogP contribution in [0.25, 0.3) is 0 Å². The maximum absolute atomic E-state index is 12.7. The third-order valence-corrected chi connectivity index (χ3v) is 5.10. The summed E-state index contributed by atoms with van der Waals surface area (Å²) in [6.45, 7) is 1.13. The van der Waals surface area contributed by atoms with E-state index in [2.05, 4.69) is 0 Å². The van der Waals surface area contributed by atoms with Gasteiger partial charge in [-0.2, -0.15) is 0 Å². The second kappa shape index (κ2) is 8.91. The molecule has 0 aliphatic carbocycles. The molecule has 2 amide bonds. The molecule has 0 saturated carbocycles. The number of ether oxygens (including phenoxy) is 1. The first-order valence-corrected chi connectivity index (χ1v) is 9.41. The Morgan fingerprint density at radius 1 is 1.07 bits per heavy atom. The summed E-state index contributed by atoms with van der Waals surface area (Å²) in [5.74, 6) is 0.594. The number of rotatable bonds is 5. The molecule has 0 atom stereocenters. The molecule has 6 heteroatoms. The van der Waals surface area contributed by atoms with Gasteiger partial charge in [0.05, 0.1) is 0 Å². The van der Waals surface area contributed by atoms with Crippen LogP contribution < -0.4 is 9.64 Å². The van der Waals surface area contributed by atoms with Gasteiger partial charge in [-0.15, -0.1) is 0 Å². The van der Waals surface area contributed by atoms with Crippen molar-refractivity contribution >= 4 is 29.1 Å². The molecular formula is C21H23ClN2O3. The average Bonchev–Trinajstić information content (AvgIpc) is 2.73. The van der Waals surface area contributed by atoms with Gasteiger partial charge < -0.3 is 14.5 Å². The normalized spacial score (nSPS) is 14.7. The molecular weight excluding hydrogens is 364 g/mol. The molecule has 2 aromatic rings. The van der Waals surface area contributed by atoms with Gasteiger partial charge in [0.1, 0.15) is 5.75 Å². The topological polar surface area (TPSA) is 49.9 Å². The molecule has 2 aromatic carbocycles. The van der Waals surface area contributed by atoms with Crippen LogP contribution in [0.3, 0.4) is 0 Å². The number of nitrogens with zero attached hydrogens (tertiary/aromatic N) is 2. The molecule has 142 valence electrons. The van der Waals surface area contributed by atoms with E-state index >= 15 is 0 Å². The summed E-state index contributed by atoms with van der Waals surface area (Å²) in [5, 5.41) is 0.626. The molecule has 5 nitrogen and oxygen atoms in total. The van der Waals surface area contributed by atoms with Crippen molar-refractivity contribution in [1.29, 1.82) is 0 Å². The third-order valence-electron chi connectivity index (χ3n) is 4.85. The van der Waals surface area contributed by atoms with E-state index in [-0.39, 0.29) is 24.3 Å². The minimum absolute atomic E-state index is 0.00976. The van der Waals surface area contributed by atoms with E-state index in [0.717, 1.165) is 5.69 Å². The average molecular weight is 387 g/mol. The maximum atomic E-state index is 12.7. The largest absolute Gasteiger partial charge is 0.484 e. The summed E-state index contributed by atoms with van der Waals surface area (Å²) in [6.07, 6.45) is 1.34. The Labute approximate surface area is 164 Å². The molecule has 0 spiro atoms. The predicted molar refractivity (Wildman–Crippen MR) is 106 cm³/mol. The number of benzene rings is 2. The minimum Gasteiger partial charge on any atom is -0.484 e. The van der Waals surface area contributed by atoms with Crippen molar-refractivity contribution in [3.8, 4) is 5.75 Å². The lowest BCUT2D eigenvalue weighted by atomic mass is 9.95. The maximum Gasteiger partial charge on any atom is 0.260 e. The number of anilines is 1. The van der Waals surface area contributed by atoms with Gasteiger partial charge in [-0.1, -0.05) is 29.8 Å². The molecule has 0 bridgehead atoms. The standard InChI is InChI=1S/C21H23ClN2O3/c1-23(18-5-3-2-4-6-18)21(26)16-11-13-24(14-12-16)20(25)15-27-19-9-7-17(22)8-10-19/h2-10,16H,11-15H2,1H3. The van der Waals surface area contributed by atoms with E-state index in [1.54, 1.807) is 41.1 Å². The van der Waals surface area contributed by atoms with E-state index < -0.39 is 0 Å². The first-order chi connectivity index (χ1) is 13.0. The van der Waals surface area contributed by atoms with Crippen LogP contribution >= 0.6 is 11.6 Å². The fourth-order valence-corrected chi connectivity index (χ4v) is 3.32. The molecule has 1 heterocycles. The van der Waals surface area contributed by atoms with Crippen LogP contribution in [0.2, 0.25) is 5.02 Å². The SMILES string of the molecule is CN(C(=O)C1CCN(C(=O)COc2ccc(Cl)cc2)CC1)c1ccccc1. The molecule has 1 aliphatic rings. The molecule has 0 aromatic heterocycles. The highest BCUT2D eigenvalue weighted by atomic mass is 35.5. The number of carbonyl (C=O) groups excluding carboxylic acids is 2. The van der Waals surface area contributed by atoms with Gasteiger partial charge in [-0.05, 0) is 49.2 Å². The van der Waals surface area contributed by atoms with Crippen molar-refractivity contribution in [2.75, 3.05) is 31.6 Å². The number of likely N-dealkylation sites (tertiary alicyclic amines) is 1. The minimum atomic E-state index is -0.0627. The number of para-hydroxylation sites is 1. The molecule has 27 heavy (non-hydrogen) atoms. The molecule has 0 radical (unpaired) electrons. The molecule has 1 saturated heterocycles. The Morgan fingerprint density at radius 2 is 1.70 bits per heavy atom. The Morgan fingerprint density at radius 3 is 2.33 bits per heavy atom. The molecule has 1 aliphatic heterocycles. The second-order valence-electron chi connectivity index (χ2n) is 6.63. The monoisotopic (exact) mass is 386 g/mol. The first-order valence-electron chi connectivity index (χ1n) is 9.03. The van der Waals surface area contributed by atoms with Crippen molar-refractivity contribution < 1.29 is 14.3 Å². The smallest absolute Gasteiger partial charge is 0.260 e. The number of carbonyl (C=O) groups is 2. The third kappa shape index (κ3) is 5.01. The van der Waals surface area contributed by atoms with E-state index in [9.17, 15) is 9.59 Å². The Balaban J connectivity index is 1.47. The van der Waals surface area contributed by atoms with E-state index in [1.807, 2.05) is 30.3 Å². The highest BCUT2D eigenvalue weighted by Gasteiger charge is 2.29. The Kier molecular flexibility index (Phi) is 6.35. The van der Waals surface area contributed by atoms with Gasteiger partial charge >= 0.3 is 0 Å². The highest BCUT2D eigenvalue weighted by molar-refractivity contribution is 6.30. The van der Waals surface area contributed by atoms with Crippen molar-refractivity contribution in [3.63, 3.8) is 0 Å². The number of halogens is 1. The summed E-state index contributed by atoms with van der Waals surface area (Å²) in [6, 6.07) is 16.5. The van der Waals surface area contributed by atoms with Crippen molar-refractivity contribution in [2.45, 2.75) is 12.8 Å². The van der Waals surface area contributed by atoms with Crippen LogP contribution in [-0.4, -0.2) is 43.5 Å². The highest BCUT2D eigenvalue weighted by Crippen LogP contribution is 2.23. The van der Waals surface area contributed by atoms with Crippen molar-refractivity contribution in [2.24, 2.45) is 5.92 Å². The van der Waals surface area contributed by atoms with Gasteiger partial charge in [0.15, 0.2) is 6.61 Å². The number of amides is 2. The first kappa shape index (κ1) is 19.2. The zero-order valence-corrected chi connectivity index (χ0v) is 16.1. The molecule has 0 unspecified atom stereocenters. The lowest BCUT2D eigenvalue weighted by Gasteiger charge is -2.33. The lowest BCUT2D eigenvalue weighted by Crippen LogP contribution is -2.45. The van der Waals surface area contributed by atoms with E-state index in [1.165, 1.54) is 0 Å². The fourth-order valence-electron chi connectivity index (χ4n) is 3.20. The summed E-state index contributed by atoms with van der Waals surface area (Å²) >= 11 is 5.83. The zero-order chi connectivity index (χ0) is 19.2. The molecule has 1 fully saturated rings. The van der Waals surface area contributed by atoms with Gasteiger partial charge in [0.25, 0.3) is 5.91 Å². The summed E-state index contributed by atoms with van der Waals surface area (Å²) < 4.78 is 5.52. The van der Waals surface area contributed by atoms with Gasteiger partial charge in [0, 0.05) is 36.8 Å². The summed E-state index contributed by atoms with van der Waals surface area (Å²) in [5.41, 5.74) is 0.886. The van der Waals surface area contributed by atoms with Crippen LogP contribution in [0.5, 0.6) is 5.75 Å². The zero-order valence-electron chi connectivity index (χ0n) is 15.3. The number of hydrogen-bond donors (Lipinski definition) is 0.